The summed E-state index contributed by atoms with van der Waals surface area (Å²) in [5.41, 5.74) is -1.83. The van der Waals surface area contributed by atoms with Crippen molar-refractivity contribution in [2.75, 3.05) is 0 Å². The van der Waals surface area contributed by atoms with Crippen LogP contribution in [-0.4, -0.2) is 18.3 Å². The fourth-order valence-electron chi connectivity index (χ4n) is 0.929. The average molecular weight is 253 g/mol. The number of nitro groups is 1. The number of rotatable bonds is 3. The van der Waals surface area contributed by atoms with E-state index in [-0.39, 0.29) is 0 Å². The molecule has 0 aliphatic carbocycles. The van der Waals surface area contributed by atoms with E-state index >= 15 is 0 Å². The lowest BCUT2D eigenvalue weighted by Crippen LogP contribution is -2.15. The van der Waals surface area contributed by atoms with E-state index in [2.05, 4.69) is 10.1 Å². The van der Waals surface area contributed by atoms with Crippen molar-refractivity contribution in [3.8, 4) is 0 Å². The van der Waals surface area contributed by atoms with Gasteiger partial charge in [-0.15, -0.1) is 0 Å². The molecule has 10 heteroatoms. The lowest BCUT2D eigenvalue weighted by Gasteiger charge is -2.02. The molecular weight excluding hydrogens is 248 g/mol. The smallest absolute Gasteiger partial charge is 0.258 e. The van der Waals surface area contributed by atoms with Crippen LogP contribution in [0.5, 0.6) is 0 Å². The van der Waals surface area contributed by atoms with Crippen LogP contribution in [0.25, 0.3) is 0 Å². The third kappa shape index (κ3) is 2.46. The van der Waals surface area contributed by atoms with Gasteiger partial charge in [0.15, 0.2) is 4.90 Å². The Morgan fingerprint density at radius 2 is 2.06 bits per heavy atom. The molecular formula is C6H5F2N3O4S. The molecule has 0 amide bonds. The van der Waals surface area contributed by atoms with Crippen molar-refractivity contribution < 1.29 is 22.1 Å². The number of nitrogens with zero attached hydrogens (tertiary/aromatic N) is 2. The van der Waals surface area contributed by atoms with Crippen LogP contribution in [0.15, 0.2) is 17.2 Å². The number of nitrogens with two attached hydrogens (primary N) is 1. The summed E-state index contributed by atoms with van der Waals surface area (Å²) in [4.78, 5) is 11.4. The first-order chi connectivity index (χ1) is 7.23. The van der Waals surface area contributed by atoms with E-state index in [1.165, 1.54) is 0 Å². The number of sulfonamides is 1. The minimum atomic E-state index is -4.45. The number of hydrogen-bond donors (Lipinski definition) is 1. The van der Waals surface area contributed by atoms with Gasteiger partial charge >= 0.3 is 5.69 Å². The minimum absolute atomic E-state index is 0.387. The predicted octanol–water partition coefficient (Wildman–Crippen LogP) is 0.575. The van der Waals surface area contributed by atoms with E-state index < -0.39 is 37.6 Å². The number of aromatic nitrogens is 1. The van der Waals surface area contributed by atoms with E-state index in [0.29, 0.717) is 12.3 Å². The third-order valence-corrected chi connectivity index (χ3v) is 2.53. The fourth-order valence-corrected chi connectivity index (χ4v) is 1.63. The molecule has 0 bridgehead atoms. The summed E-state index contributed by atoms with van der Waals surface area (Å²) in [6.45, 7) is 0. The van der Waals surface area contributed by atoms with Crippen LogP contribution < -0.4 is 5.14 Å². The molecule has 0 spiro atoms. The van der Waals surface area contributed by atoms with Gasteiger partial charge in [-0.2, -0.15) is 0 Å². The number of alkyl halides is 2. The Kier molecular flexibility index (Phi) is 3.14. The first kappa shape index (κ1) is 12.4. The van der Waals surface area contributed by atoms with Crippen molar-refractivity contribution >= 4 is 15.7 Å². The van der Waals surface area contributed by atoms with Crippen molar-refractivity contribution in [3.63, 3.8) is 0 Å². The molecule has 16 heavy (non-hydrogen) atoms. The molecule has 0 fully saturated rings. The highest BCUT2D eigenvalue weighted by Gasteiger charge is 2.25. The predicted molar refractivity (Wildman–Crippen MR) is 47.2 cm³/mol. The standard InChI is InChI=1S/C6H5F2N3O4S/c7-6(8)3-1-5(16(9,14)15)4(2-10-3)11(12)13/h1-2,6H,(H2,9,14,15). The lowest BCUT2D eigenvalue weighted by molar-refractivity contribution is -0.388. The second-order valence-electron chi connectivity index (χ2n) is 2.68. The highest BCUT2D eigenvalue weighted by Crippen LogP contribution is 2.26. The largest absolute Gasteiger partial charge is 0.307 e. The Labute approximate surface area is 88.1 Å². The van der Waals surface area contributed by atoms with Crippen LogP contribution in [0, 0.1) is 10.1 Å². The molecule has 0 saturated heterocycles. The summed E-state index contributed by atoms with van der Waals surface area (Å²) >= 11 is 0. The molecule has 88 valence electrons. The second kappa shape index (κ2) is 4.06. The lowest BCUT2D eigenvalue weighted by atomic mass is 10.3. The summed E-state index contributed by atoms with van der Waals surface area (Å²) in [5.74, 6) is 0. The van der Waals surface area contributed by atoms with Crippen LogP contribution in [0.1, 0.15) is 12.1 Å². The highest BCUT2D eigenvalue weighted by molar-refractivity contribution is 7.89. The molecule has 2 N–H and O–H groups in total. The summed E-state index contributed by atoms with van der Waals surface area (Å²) in [6, 6.07) is 0.387. The highest BCUT2D eigenvalue weighted by atomic mass is 32.2. The molecule has 0 aliphatic heterocycles. The third-order valence-electron chi connectivity index (χ3n) is 1.59. The van der Waals surface area contributed by atoms with Gasteiger partial charge in [-0.3, -0.25) is 10.1 Å². The Morgan fingerprint density at radius 3 is 2.44 bits per heavy atom. The maximum atomic E-state index is 12.2. The van der Waals surface area contributed by atoms with E-state index in [1.54, 1.807) is 0 Å². The van der Waals surface area contributed by atoms with Gasteiger partial charge in [0.2, 0.25) is 10.0 Å². The first-order valence-corrected chi connectivity index (χ1v) is 5.23. The molecule has 0 aliphatic rings. The molecule has 7 nitrogen and oxygen atoms in total. The van der Waals surface area contributed by atoms with E-state index in [0.717, 1.165) is 0 Å². The van der Waals surface area contributed by atoms with Crippen LogP contribution in [0.2, 0.25) is 0 Å². The molecule has 1 aromatic rings. The van der Waals surface area contributed by atoms with E-state index in [9.17, 15) is 27.3 Å². The summed E-state index contributed by atoms with van der Waals surface area (Å²) in [6.07, 6.45) is -2.61. The summed E-state index contributed by atoms with van der Waals surface area (Å²) in [5, 5.41) is 15.1. The Morgan fingerprint density at radius 1 is 1.50 bits per heavy atom. The average Bonchev–Trinajstić information content (AvgIpc) is 2.15. The normalized spacial score (nSPS) is 11.8. The molecule has 1 aromatic heterocycles. The number of halogens is 2. The van der Waals surface area contributed by atoms with Crippen LogP contribution in [0.4, 0.5) is 14.5 Å². The zero-order chi connectivity index (χ0) is 12.5. The van der Waals surface area contributed by atoms with Gasteiger partial charge in [0.25, 0.3) is 6.43 Å². The van der Waals surface area contributed by atoms with Crippen molar-refractivity contribution in [2.24, 2.45) is 5.14 Å². The van der Waals surface area contributed by atoms with E-state index in [1.807, 2.05) is 0 Å². The fraction of sp³-hybridized carbons (Fsp3) is 0.167. The number of primary sulfonamides is 1. The number of hydrogen-bond acceptors (Lipinski definition) is 5. The zero-order valence-corrected chi connectivity index (χ0v) is 8.32. The molecule has 0 radical (unpaired) electrons. The molecule has 0 aromatic carbocycles. The van der Waals surface area contributed by atoms with Gasteiger partial charge in [0.05, 0.1) is 4.92 Å². The minimum Gasteiger partial charge on any atom is -0.258 e. The summed E-state index contributed by atoms with van der Waals surface area (Å²) in [7, 11) is -4.45. The maximum Gasteiger partial charge on any atom is 0.307 e. The molecule has 0 unspecified atom stereocenters. The van der Waals surface area contributed by atoms with Gasteiger partial charge < -0.3 is 0 Å². The Hall–Kier alpha value is -1.68. The molecule has 0 saturated carbocycles. The van der Waals surface area contributed by atoms with Crippen LogP contribution in [-0.2, 0) is 10.0 Å². The van der Waals surface area contributed by atoms with Gasteiger partial charge in [-0.05, 0) is 6.07 Å². The van der Waals surface area contributed by atoms with Crippen LogP contribution in [0.3, 0.4) is 0 Å². The quantitative estimate of drug-likeness (QED) is 0.624. The van der Waals surface area contributed by atoms with Gasteiger partial charge in [-0.25, -0.2) is 27.3 Å². The van der Waals surface area contributed by atoms with Gasteiger partial charge in [-0.1, -0.05) is 0 Å². The number of pyridine rings is 1. The maximum absolute atomic E-state index is 12.2. The van der Waals surface area contributed by atoms with Crippen molar-refractivity contribution in [1.82, 2.24) is 4.98 Å². The zero-order valence-electron chi connectivity index (χ0n) is 7.50. The van der Waals surface area contributed by atoms with Crippen LogP contribution >= 0.6 is 0 Å². The molecule has 0 atom stereocenters. The summed E-state index contributed by atoms with van der Waals surface area (Å²) < 4.78 is 46.3. The van der Waals surface area contributed by atoms with Gasteiger partial charge in [0.1, 0.15) is 11.9 Å². The van der Waals surface area contributed by atoms with Crippen molar-refractivity contribution in [1.29, 1.82) is 0 Å². The van der Waals surface area contributed by atoms with Gasteiger partial charge in [0, 0.05) is 0 Å². The monoisotopic (exact) mass is 253 g/mol. The molecule has 1 rings (SSSR count). The Bertz CT molecular complexity index is 531. The first-order valence-electron chi connectivity index (χ1n) is 3.68. The second-order valence-corrected chi connectivity index (χ2v) is 4.21. The van der Waals surface area contributed by atoms with Crippen molar-refractivity contribution in [2.45, 2.75) is 11.3 Å². The Balaban J connectivity index is 3.51. The SMILES string of the molecule is NS(=O)(=O)c1cc(C(F)F)ncc1[N+](=O)[O-]. The van der Waals surface area contributed by atoms with E-state index in [4.69, 9.17) is 0 Å². The van der Waals surface area contributed by atoms with Crippen molar-refractivity contribution in [3.05, 3.63) is 28.1 Å². The topological polar surface area (TPSA) is 116 Å². The molecule has 1 heterocycles.